The van der Waals surface area contributed by atoms with Gasteiger partial charge in [-0.05, 0) is 24.4 Å². The van der Waals surface area contributed by atoms with Gasteiger partial charge in [0.25, 0.3) is 5.91 Å². The second kappa shape index (κ2) is 5.90. The number of hydrogen-bond donors (Lipinski definition) is 1. The van der Waals surface area contributed by atoms with Crippen molar-refractivity contribution in [1.29, 1.82) is 0 Å². The van der Waals surface area contributed by atoms with E-state index < -0.39 is 0 Å². The van der Waals surface area contributed by atoms with E-state index in [-0.39, 0.29) is 18.1 Å². The topological polar surface area (TPSA) is 81.9 Å². The molecule has 0 saturated carbocycles. The fraction of sp³-hybridized carbons (Fsp3) is 0.538. The highest BCUT2D eigenvalue weighted by Crippen LogP contribution is 2.29. The maximum atomic E-state index is 12.4. The molecule has 1 saturated heterocycles. The van der Waals surface area contributed by atoms with Gasteiger partial charge in [0.15, 0.2) is 0 Å². The van der Waals surface area contributed by atoms with Crippen molar-refractivity contribution in [3.8, 4) is 0 Å². The smallest absolute Gasteiger partial charge is 0.265 e. The SMILES string of the molecule is CCc1nnsc1C(=O)N[C@H]1CCO[C@@H]1c1cnn(C)c1. The molecular formula is C13H17N5O2S. The molecule has 1 amide bonds. The second-order valence-electron chi connectivity index (χ2n) is 5.01. The van der Waals surface area contributed by atoms with Crippen LogP contribution >= 0.6 is 11.5 Å². The van der Waals surface area contributed by atoms with Crippen LogP contribution in [0.3, 0.4) is 0 Å². The number of aryl methyl sites for hydroxylation is 2. The van der Waals surface area contributed by atoms with Crippen molar-refractivity contribution in [3.63, 3.8) is 0 Å². The highest BCUT2D eigenvalue weighted by atomic mass is 32.1. The third-order valence-electron chi connectivity index (χ3n) is 3.56. The standard InChI is InChI=1S/C13H17N5O2S/c1-3-9-12(21-17-16-9)13(19)15-10-4-5-20-11(10)8-6-14-18(2)7-8/h6-7,10-11H,3-5H2,1-2H3,(H,15,19)/t10-,11+/m0/s1. The van der Waals surface area contributed by atoms with Gasteiger partial charge in [-0.25, -0.2) is 0 Å². The van der Waals surface area contributed by atoms with Crippen molar-refractivity contribution in [2.75, 3.05) is 6.61 Å². The molecule has 0 unspecified atom stereocenters. The summed E-state index contributed by atoms with van der Waals surface area (Å²) in [5, 5.41) is 11.2. The minimum Gasteiger partial charge on any atom is -0.371 e. The van der Waals surface area contributed by atoms with Crippen molar-refractivity contribution in [1.82, 2.24) is 24.7 Å². The Morgan fingerprint density at radius 2 is 2.48 bits per heavy atom. The number of carbonyl (C=O) groups excluding carboxylic acids is 1. The molecule has 8 heteroatoms. The van der Waals surface area contributed by atoms with Crippen molar-refractivity contribution in [3.05, 3.63) is 28.5 Å². The Labute approximate surface area is 126 Å². The molecule has 1 aliphatic rings. The molecule has 1 N–H and O–H groups in total. The predicted octanol–water partition coefficient (Wildman–Crippen LogP) is 1.09. The summed E-state index contributed by atoms with van der Waals surface area (Å²) in [5.74, 6) is -0.119. The van der Waals surface area contributed by atoms with E-state index in [1.54, 1.807) is 10.9 Å². The summed E-state index contributed by atoms with van der Waals surface area (Å²) in [4.78, 5) is 13.0. The predicted molar refractivity (Wildman–Crippen MR) is 77.1 cm³/mol. The molecule has 1 aliphatic heterocycles. The fourth-order valence-corrected chi connectivity index (χ4v) is 3.15. The average Bonchev–Trinajstić information content (AvgIpc) is 3.17. The number of nitrogens with one attached hydrogen (secondary N) is 1. The number of ether oxygens (including phenoxy) is 1. The van der Waals surface area contributed by atoms with Gasteiger partial charge in [0, 0.05) is 25.4 Å². The fourth-order valence-electron chi connectivity index (χ4n) is 2.50. The van der Waals surface area contributed by atoms with Gasteiger partial charge in [0.1, 0.15) is 11.0 Å². The summed E-state index contributed by atoms with van der Waals surface area (Å²) >= 11 is 1.14. The number of carbonyl (C=O) groups is 1. The first-order valence-electron chi connectivity index (χ1n) is 6.91. The zero-order chi connectivity index (χ0) is 14.8. The van der Waals surface area contributed by atoms with Crippen LogP contribution in [-0.4, -0.2) is 37.9 Å². The quantitative estimate of drug-likeness (QED) is 0.914. The lowest BCUT2D eigenvalue weighted by atomic mass is 10.1. The Bertz CT molecular complexity index is 638. The van der Waals surface area contributed by atoms with Crippen LogP contribution in [0.15, 0.2) is 12.4 Å². The first-order valence-corrected chi connectivity index (χ1v) is 7.68. The van der Waals surface area contributed by atoms with Gasteiger partial charge in [-0.2, -0.15) is 5.10 Å². The van der Waals surface area contributed by atoms with Gasteiger partial charge in [-0.15, -0.1) is 5.10 Å². The molecule has 3 heterocycles. The van der Waals surface area contributed by atoms with E-state index >= 15 is 0 Å². The van der Waals surface area contributed by atoms with E-state index in [9.17, 15) is 4.79 Å². The minimum absolute atomic E-state index is 0.0477. The van der Waals surface area contributed by atoms with Crippen LogP contribution in [0.1, 0.15) is 40.4 Å². The lowest BCUT2D eigenvalue weighted by molar-refractivity contribution is 0.0823. The molecule has 0 radical (unpaired) electrons. The molecule has 1 fully saturated rings. The number of nitrogens with zero attached hydrogens (tertiary/aromatic N) is 4. The molecule has 21 heavy (non-hydrogen) atoms. The van der Waals surface area contributed by atoms with E-state index in [4.69, 9.17) is 4.74 Å². The summed E-state index contributed by atoms with van der Waals surface area (Å²) in [6.07, 6.45) is 5.04. The first kappa shape index (κ1) is 14.2. The van der Waals surface area contributed by atoms with E-state index in [0.717, 1.165) is 29.2 Å². The lowest BCUT2D eigenvalue weighted by Crippen LogP contribution is -2.36. The zero-order valence-electron chi connectivity index (χ0n) is 11.9. The molecule has 2 aromatic rings. The van der Waals surface area contributed by atoms with E-state index in [1.807, 2.05) is 20.2 Å². The molecule has 0 aromatic carbocycles. The van der Waals surface area contributed by atoms with Crippen LogP contribution in [0.2, 0.25) is 0 Å². The molecule has 3 rings (SSSR count). The Hall–Kier alpha value is -1.80. The van der Waals surface area contributed by atoms with Crippen molar-refractivity contribution in [2.24, 2.45) is 7.05 Å². The molecule has 7 nitrogen and oxygen atoms in total. The van der Waals surface area contributed by atoms with E-state index in [2.05, 4.69) is 20.0 Å². The minimum atomic E-state index is -0.145. The Morgan fingerprint density at radius 1 is 1.62 bits per heavy atom. The van der Waals surface area contributed by atoms with Crippen molar-refractivity contribution >= 4 is 17.4 Å². The van der Waals surface area contributed by atoms with Crippen LogP contribution < -0.4 is 5.32 Å². The van der Waals surface area contributed by atoms with E-state index in [0.29, 0.717) is 17.9 Å². The van der Waals surface area contributed by atoms with Crippen LogP contribution in [0.5, 0.6) is 0 Å². The van der Waals surface area contributed by atoms with Crippen LogP contribution in [0, 0.1) is 0 Å². The molecular weight excluding hydrogens is 290 g/mol. The maximum absolute atomic E-state index is 12.4. The Balaban J connectivity index is 1.73. The van der Waals surface area contributed by atoms with Gasteiger partial charge in [-0.3, -0.25) is 9.48 Å². The van der Waals surface area contributed by atoms with Gasteiger partial charge < -0.3 is 10.1 Å². The summed E-state index contributed by atoms with van der Waals surface area (Å²) < 4.78 is 11.3. The third-order valence-corrected chi connectivity index (χ3v) is 4.33. The molecule has 2 aromatic heterocycles. The molecule has 0 bridgehead atoms. The average molecular weight is 307 g/mol. The molecule has 112 valence electrons. The summed E-state index contributed by atoms with van der Waals surface area (Å²) in [6.45, 7) is 2.59. The second-order valence-corrected chi connectivity index (χ2v) is 5.76. The molecule has 0 aliphatic carbocycles. The largest absolute Gasteiger partial charge is 0.371 e. The number of rotatable bonds is 4. The Morgan fingerprint density at radius 3 is 3.19 bits per heavy atom. The van der Waals surface area contributed by atoms with Gasteiger partial charge in [0.2, 0.25) is 0 Å². The third kappa shape index (κ3) is 2.81. The van der Waals surface area contributed by atoms with Gasteiger partial charge in [0.05, 0.1) is 17.9 Å². The molecule has 0 spiro atoms. The number of amides is 1. The van der Waals surface area contributed by atoms with Crippen LogP contribution in [0.4, 0.5) is 0 Å². The van der Waals surface area contributed by atoms with Crippen molar-refractivity contribution < 1.29 is 9.53 Å². The zero-order valence-corrected chi connectivity index (χ0v) is 12.8. The monoisotopic (exact) mass is 307 g/mol. The maximum Gasteiger partial charge on any atom is 0.265 e. The summed E-state index contributed by atoms with van der Waals surface area (Å²) in [6, 6.07) is -0.0477. The summed E-state index contributed by atoms with van der Waals surface area (Å²) in [7, 11) is 1.86. The number of aromatic nitrogens is 4. The number of hydrogen-bond acceptors (Lipinski definition) is 6. The normalized spacial score (nSPS) is 21.6. The Kier molecular flexibility index (Phi) is 3.98. The van der Waals surface area contributed by atoms with Gasteiger partial charge >= 0.3 is 0 Å². The van der Waals surface area contributed by atoms with E-state index in [1.165, 1.54) is 0 Å². The van der Waals surface area contributed by atoms with Crippen LogP contribution in [-0.2, 0) is 18.2 Å². The first-order chi connectivity index (χ1) is 10.2. The van der Waals surface area contributed by atoms with Crippen molar-refractivity contribution in [2.45, 2.75) is 31.9 Å². The highest BCUT2D eigenvalue weighted by molar-refractivity contribution is 7.08. The highest BCUT2D eigenvalue weighted by Gasteiger charge is 2.32. The van der Waals surface area contributed by atoms with Crippen LogP contribution in [0.25, 0.3) is 0 Å². The molecule has 2 atom stereocenters. The lowest BCUT2D eigenvalue weighted by Gasteiger charge is -2.18. The summed E-state index contributed by atoms with van der Waals surface area (Å²) in [5.41, 5.74) is 1.73. The van der Waals surface area contributed by atoms with Gasteiger partial charge in [-0.1, -0.05) is 11.4 Å².